The summed E-state index contributed by atoms with van der Waals surface area (Å²) in [5.74, 6) is -0.0193. The van der Waals surface area contributed by atoms with Crippen molar-refractivity contribution in [3.63, 3.8) is 0 Å². The minimum Gasteiger partial charge on any atom is -0.496 e. The first-order valence-electron chi connectivity index (χ1n) is 9.75. The van der Waals surface area contributed by atoms with Gasteiger partial charge in [0.2, 0.25) is 0 Å². The Morgan fingerprint density at radius 2 is 1.68 bits per heavy atom. The van der Waals surface area contributed by atoms with Gasteiger partial charge in [0, 0.05) is 5.56 Å². The Labute approximate surface area is 168 Å². The molecule has 1 aliphatic rings. The van der Waals surface area contributed by atoms with E-state index in [-0.39, 0.29) is 16.4 Å². The van der Waals surface area contributed by atoms with Gasteiger partial charge in [-0.25, -0.2) is 4.79 Å². The fourth-order valence-corrected chi connectivity index (χ4v) is 4.51. The first kappa shape index (κ1) is 20.2. The van der Waals surface area contributed by atoms with Gasteiger partial charge in [-0.05, 0) is 70.5 Å². The second-order valence-electron chi connectivity index (χ2n) is 9.16. The Hall–Kier alpha value is -2.55. The number of hydrogen-bond donors (Lipinski definition) is 1. The maximum absolute atomic E-state index is 11.4. The van der Waals surface area contributed by atoms with E-state index >= 15 is 0 Å². The van der Waals surface area contributed by atoms with Crippen LogP contribution in [0.2, 0.25) is 0 Å². The number of carboxylic acids is 1. The molecule has 1 aliphatic carbocycles. The number of benzene rings is 2. The number of fused-ring (bicyclic) bond motifs is 1. The zero-order chi connectivity index (χ0) is 20.9. The van der Waals surface area contributed by atoms with Crippen LogP contribution in [0, 0.1) is 6.92 Å². The van der Waals surface area contributed by atoms with E-state index < -0.39 is 5.97 Å². The van der Waals surface area contributed by atoms with Crippen molar-refractivity contribution in [1.29, 1.82) is 0 Å². The molecule has 0 heterocycles. The highest BCUT2D eigenvalue weighted by Gasteiger charge is 2.41. The lowest BCUT2D eigenvalue weighted by molar-refractivity contribution is -0.130. The molecule has 28 heavy (non-hydrogen) atoms. The quantitative estimate of drug-likeness (QED) is 0.652. The van der Waals surface area contributed by atoms with Crippen LogP contribution in [-0.4, -0.2) is 18.2 Å². The van der Waals surface area contributed by atoms with Crippen molar-refractivity contribution in [2.24, 2.45) is 0 Å². The lowest BCUT2D eigenvalue weighted by atomic mass is 9.61. The summed E-state index contributed by atoms with van der Waals surface area (Å²) in [6, 6.07) is 9.89. The second-order valence-corrected chi connectivity index (χ2v) is 9.16. The molecule has 0 saturated heterocycles. The van der Waals surface area contributed by atoms with Crippen LogP contribution >= 0.6 is 0 Å². The van der Waals surface area contributed by atoms with E-state index in [1.807, 2.05) is 12.1 Å². The Kier molecular flexibility index (Phi) is 4.91. The van der Waals surface area contributed by atoms with E-state index in [4.69, 9.17) is 4.74 Å². The maximum Gasteiger partial charge on any atom is 0.335 e. The van der Waals surface area contributed by atoms with Gasteiger partial charge in [0.15, 0.2) is 0 Å². The number of methoxy groups -OCH3 is 1. The molecule has 2 aromatic carbocycles. The summed E-state index contributed by atoms with van der Waals surface area (Å²) in [7, 11) is 1.75. The van der Waals surface area contributed by atoms with E-state index in [9.17, 15) is 9.90 Å². The standard InChI is InChI=1S/C25H30O3/c1-15-13-19(18-10-8-9-17(14-18)16(2)23(26)27)20-21(22(15)28-7)25(5,6)12-11-24(20,3)4/h8-10,13-14H,2,11-12H2,1,3-7H3,(H,26,27). The minimum atomic E-state index is -0.994. The molecule has 0 bridgehead atoms. The van der Waals surface area contributed by atoms with Crippen LogP contribution in [0.5, 0.6) is 5.75 Å². The van der Waals surface area contributed by atoms with Gasteiger partial charge in [-0.1, -0.05) is 52.5 Å². The lowest BCUT2D eigenvalue weighted by Gasteiger charge is -2.44. The average Bonchev–Trinajstić information content (AvgIpc) is 2.64. The number of carboxylic acid groups (broad SMARTS) is 1. The molecule has 148 valence electrons. The molecule has 0 radical (unpaired) electrons. The van der Waals surface area contributed by atoms with Crippen LogP contribution in [0.25, 0.3) is 16.7 Å². The largest absolute Gasteiger partial charge is 0.496 e. The monoisotopic (exact) mass is 378 g/mol. The Bertz CT molecular complexity index is 964. The molecule has 0 fully saturated rings. The number of aliphatic carboxylic acids is 1. The van der Waals surface area contributed by atoms with Gasteiger partial charge in [0.25, 0.3) is 0 Å². The molecule has 3 heteroatoms. The SMILES string of the molecule is C=C(C(=O)O)c1cccc(-c2cc(C)c(OC)c3c2C(C)(C)CCC3(C)C)c1. The fourth-order valence-electron chi connectivity index (χ4n) is 4.51. The van der Waals surface area contributed by atoms with Crippen LogP contribution in [0.1, 0.15) is 62.8 Å². The highest BCUT2D eigenvalue weighted by molar-refractivity contribution is 6.14. The topological polar surface area (TPSA) is 46.5 Å². The van der Waals surface area contributed by atoms with E-state index in [1.54, 1.807) is 13.2 Å². The van der Waals surface area contributed by atoms with Crippen molar-refractivity contribution in [2.75, 3.05) is 7.11 Å². The van der Waals surface area contributed by atoms with Crippen LogP contribution in [0.4, 0.5) is 0 Å². The lowest BCUT2D eigenvalue weighted by Crippen LogP contribution is -2.35. The van der Waals surface area contributed by atoms with Crippen molar-refractivity contribution in [2.45, 2.75) is 58.3 Å². The Morgan fingerprint density at radius 3 is 2.25 bits per heavy atom. The molecular weight excluding hydrogens is 348 g/mol. The van der Waals surface area contributed by atoms with E-state index in [2.05, 4.69) is 53.3 Å². The van der Waals surface area contributed by atoms with Gasteiger partial charge < -0.3 is 9.84 Å². The van der Waals surface area contributed by atoms with E-state index in [1.165, 1.54) is 11.1 Å². The number of hydrogen-bond acceptors (Lipinski definition) is 2. The molecular formula is C25H30O3. The highest BCUT2D eigenvalue weighted by Crippen LogP contribution is 2.53. The third-order valence-corrected chi connectivity index (χ3v) is 6.18. The summed E-state index contributed by atoms with van der Waals surface area (Å²) in [5.41, 5.74) is 6.64. The van der Waals surface area contributed by atoms with Crippen molar-refractivity contribution in [3.8, 4) is 16.9 Å². The van der Waals surface area contributed by atoms with Gasteiger partial charge in [0.05, 0.1) is 12.7 Å². The molecule has 0 aliphatic heterocycles. The third-order valence-electron chi connectivity index (χ3n) is 6.18. The molecule has 0 saturated carbocycles. The smallest absolute Gasteiger partial charge is 0.335 e. The zero-order valence-electron chi connectivity index (χ0n) is 17.8. The Balaban J connectivity index is 2.36. The molecule has 2 aromatic rings. The summed E-state index contributed by atoms with van der Waals surface area (Å²) >= 11 is 0. The Morgan fingerprint density at radius 1 is 1.07 bits per heavy atom. The summed E-state index contributed by atoms with van der Waals surface area (Å²) in [6.45, 7) is 15.0. The first-order chi connectivity index (χ1) is 13.0. The maximum atomic E-state index is 11.4. The van der Waals surface area contributed by atoms with Crippen LogP contribution in [-0.2, 0) is 15.6 Å². The van der Waals surface area contributed by atoms with Gasteiger partial charge in [-0.3, -0.25) is 0 Å². The third kappa shape index (κ3) is 3.23. The summed E-state index contributed by atoms with van der Waals surface area (Å²) in [4.78, 5) is 11.4. The van der Waals surface area contributed by atoms with Crippen LogP contribution in [0.15, 0.2) is 36.9 Å². The van der Waals surface area contributed by atoms with Gasteiger partial charge >= 0.3 is 5.97 Å². The highest BCUT2D eigenvalue weighted by atomic mass is 16.5. The summed E-state index contributed by atoms with van der Waals surface area (Å²) < 4.78 is 5.86. The van der Waals surface area contributed by atoms with Crippen LogP contribution < -0.4 is 4.74 Å². The number of aryl methyl sites for hydroxylation is 1. The molecule has 0 aromatic heterocycles. The summed E-state index contributed by atoms with van der Waals surface area (Å²) in [5, 5.41) is 9.34. The number of ether oxygens (including phenoxy) is 1. The number of rotatable bonds is 4. The molecule has 0 unspecified atom stereocenters. The van der Waals surface area contributed by atoms with Gasteiger partial charge in [0.1, 0.15) is 5.75 Å². The van der Waals surface area contributed by atoms with Crippen molar-refractivity contribution in [1.82, 2.24) is 0 Å². The molecule has 1 N–H and O–H groups in total. The molecule has 0 atom stereocenters. The predicted octanol–water partition coefficient (Wildman–Crippen LogP) is 6.12. The molecule has 3 rings (SSSR count). The number of carbonyl (C=O) groups is 1. The molecule has 0 amide bonds. The second kappa shape index (κ2) is 6.80. The van der Waals surface area contributed by atoms with Gasteiger partial charge in [-0.2, -0.15) is 0 Å². The normalized spacial score (nSPS) is 16.9. The minimum absolute atomic E-state index is 0.000971. The molecule has 3 nitrogen and oxygen atoms in total. The molecule has 0 spiro atoms. The van der Waals surface area contributed by atoms with Crippen molar-refractivity contribution in [3.05, 3.63) is 59.2 Å². The van der Waals surface area contributed by atoms with Crippen molar-refractivity contribution >= 4 is 11.5 Å². The fraction of sp³-hybridized carbons (Fsp3) is 0.400. The van der Waals surface area contributed by atoms with Crippen LogP contribution in [0.3, 0.4) is 0 Å². The zero-order valence-corrected chi connectivity index (χ0v) is 17.8. The van der Waals surface area contributed by atoms with Gasteiger partial charge in [-0.15, -0.1) is 0 Å². The average molecular weight is 379 g/mol. The van der Waals surface area contributed by atoms with Crippen molar-refractivity contribution < 1.29 is 14.6 Å². The van der Waals surface area contributed by atoms with E-state index in [0.29, 0.717) is 5.56 Å². The van der Waals surface area contributed by atoms with E-state index in [0.717, 1.165) is 35.3 Å². The summed E-state index contributed by atoms with van der Waals surface area (Å²) in [6.07, 6.45) is 2.19. The predicted molar refractivity (Wildman–Crippen MR) is 115 cm³/mol. The first-order valence-corrected chi connectivity index (χ1v) is 9.75.